The molecule has 1 aliphatic carbocycles. The summed E-state index contributed by atoms with van der Waals surface area (Å²) in [4.78, 5) is 4.43. The molecule has 0 radical (unpaired) electrons. The van der Waals surface area contributed by atoms with Gasteiger partial charge in [0.2, 0.25) is 0 Å². The normalized spacial score (nSPS) is 25.6. The molecule has 88 valence electrons. The quantitative estimate of drug-likeness (QED) is 0.852. The van der Waals surface area contributed by atoms with E-state index in [1.165, 1.54) is 31.2 Å². The molecule has 1 saturated carbocycles. The molecule has 3 heteroatoms. The van der Waals surface area contributed by atoms with E-state index < -0.39 is 0 Å². The summed E-state index contributed by atoms with van der Waals surface area (Å²) in [6.45, 7) is 4.45. The Morgan fingerprint density at radius 1 is 1.44 bits per heavy atom. The van der Waals surface area contributed by atoms with E-state index >= 15 is 0 Å². The van der Waals surface area contributed by atoms with E-state index in [1.807, 2.05) is 17.8 Å². The van der Waals surface area contributed by atoms with Crippen molar-refractivity contribution in [1.29, 1.82) is 0 Å². The van der Waals surface area contributed by atoms with Gasteiger partial charge >= 0.3 is 0 Å². The Kier molecular flexibility index (Phi) is 3.74. The number of aromatic nitrogens is 1. The van der Waals surface area contributed by atoms with Crippen LogP contribution in [0.5, 0.6) is 0 Å². The van der Waals surface area contributed by atoms with Gasteiger partial charge in [-0.25, -0.2) is 4.98 Å². The summed E-state index contributed by atoms with van der Waals surface area (Å²) in [5.74, 6) is 0.875. The molecule has 1 aromatic heterocycles. The van der Waals surface area contributed by atoms with Crippen molar-refractivity contribution >= 4 is 17.4 Å². The predicted octanol–water partition coefficient (Wildman–Crippen LogP) is 3.64. The number of hydrogen-bond acceptors (Lipinski definition) is 3. The van der Waals surface area contributed by atoms with Gasteiger partial charge in [-0.1, -0.05) is 19.8 Å². The Morgan fingerprint density at radius 3 is 2.94 bits per heavy atom. The van der Waals surface area contributed by atoms with Gasteiger partial charge in [0.15, 0.2) is 0 Å². The number of pyridine rings is 1. The van der Waals surface area contributed by atoms with Crippen molar-refractivity contribution in [3.05, 3.63) is 17.8 Å². The number of rotatable bonds is 2. The van der Waals surface area contributed by atoms with Crippen LogP contribution in [0.4, 0.5) is 5.69 Å². The number of thioether (sulfide) groups is 1. The zero-order chi connectivity index (χ0) is 11.5. The highest BCUT2D eigenvalue weighted by molar-refractivity contribution is 7.99. The molecule has 0 amide bonds. The van der Waals surface area contributed by atoms with E-state index in [0.717, 1.165) is 21.9 Å². The topological polar surface area (TPSA) is 38.9 Å². The van der Waals surface area contributed by atoms with Gasteiger partial charge in [-0.3, -0.25) is 0 Å². The highest BCUT2D eigenvalue weighted by Gasteiger charge is 2.20. The lowest BCUT2D eigenvalue weighted by atomic mass is 9.91. The number of hydrogen-bond donors (Lipinski definition) is 1. The maximum atomic E-state index is 5.71. The molecule has 0 aliphatic heterocycles. The Hall–Kier alpha value is -0.700. The summed E-state index contributed by atoms with van der Waals surface area (Å²) < 4.78 is 0. The summed E-state index contributed by atoms with van der Waals surface area (Å²) in [6, 6.07) is 2.02. The van der Waals surface area contributed by atoms with Gasteiger partial charge in [-0.05, 0) is 37.3 Å². The fourth-order valence-electron chi connectivity index (χ4n) is 2.35. The lowest BCUT2D eigenvalue weighted by molar-refractivity contribution is 0.394. The minimum absolute atomic E-state index is 0.749. The van der Waals surface area contributed by atoms with Gasteiger partial charge in [0.25, 0.3) is 0 Å². The molecular weight excluding hydrogens is 216 g/mol. The van der Waals surface area contributed by atoms with Crippen molar-refractivity contribution in [2.75, 3.05) is 5.73 Å². The molecule has 0 bridgehead atoms. The largest absolute Gasteiger partial charge is 0.397 e. The molecule has 2 N–H and O–H groups in total. The first kappa shape index (κ1) is 11.8. The van der Waals surface area contributed by atoms with Crippen LogP contribution in [-0.4, -0.2) is 10.2 Å². The summed E-state index contributed by atoms with van der Waals surface area (Å²) in [6.07, 6.45) is 7.19. The lowest BCUT2D eigenvalue weighted by Crippen LogP contribution is -2.15. The summed E-state index contributed by atoms with van der Waals surface area (Å²) in [7, 11) is 0. The van der Waals surface area contributed by atoms with Crippen LogP contribution in [0.2, 0.25) is 0 Å². The zero-order valence-electron chi connectivity index (χ0n) is 10.1. The Bertz CT molecular complexity index is 365. The van der Waals surface area contributed by atoms with E-state index in [0.29, 0.717) is 0 Å². The third-order valence-electron chi connectivity index (χ3n) is 3.22. The second-order valence-electron chi connectivity index (χ2n) is 4.90. The van der Waals surface area contributed by atoms with Crippen molar-refractivity contribution in [3.8, 4) is 0 Å². The molecule has 2 nitrogen and oxygen atoms in total. The highest BCUT2D eigenvalue weighted by Crippen LogP contribution is 2.36. The summed E-state index contributed by atoms with van der Waals surface area (Å²) in [5, 5.41) is 1.91. The molecule has 16 heavy (non-hydrogen) atoms. The maximum absolute atomic E-state index is 5.71. The van der Waals surface area contributed by atoms with Crippen molar-refractivity contribution < 1.29 is 0 Å². The van der Waals surface area contributed by atoms with Crippen LogP contribution in [0.25, 0.3) is 0 Å². The molecular formula is C13H20N2S. The smallest absolute Gasteiger partial charge is 0.0993 e. The Labute approximate surface area is 102 Å². The molecule has 1 aromatic rings. The van der Waals surface area contributed by atoms with Crippen LogP contribution in [0.1, 0.15) is 38.2 Å². The molecule has 0 spiro atoms. The van der Waals surface area contributed by atoms with Crippen molar-refractivity contribution in [3.63, 3.8) is 0 Å². The van der Waals surface area contributed by atoms with Gasteiger partial charge in [0, 0.05) is 5.25 Å². The molecule has 1 aliphatic rings. The fourth-order valence-corrected chi connectivity index (χ4v) is 3.73. The molecule has 2 unspecified atom stereocenters. The van der Waals surface area contributed by atoms with Crippen LogP contribution in [0.15, 0.2) is 17.3 Å². The van der Waals surface area contributed by atoms with E-state index in [1.54, 1.807) is 6.20 Å². The highest BCUT2D eigenvalue weighted by atomic mass is 32.2. The van der Waals surface area contributed by atoms with Crippen LogP contribution in [0, 0.1) is 12.8 Å². The number of nitrogens with zero attached hydrogens (tertiary/aromatic N) is 1. The van der Waals surface area contributed by atoms with Gasteiger partial charge in [-0.15, -0.1) is 11.8 Å². The monoisotopic (exact) mass is 236 g/mol. The standard InChI is InChI=1S/C13H20N2S/c1-9-4-3-5-12(6-9)16-13-10(2)7-11(14)8-15-13/h7-9,12H,3-6,14H2,1-2H3. The third kappa shape index (κ3) is 2.91. The van der Waals surface area contributed by atoms with E-state index in [4.69, 9.17) is 5.73 Å². The molecule has 0 saturated heterocycles. The SMILES string of the molecule is Cc1cc(N)cnc1SC1CCCC(C)C1. The van der Waals surface area contributed by atoms with Crippen molar-refractivity contribution in [2.24, 2.45) is 5.92 Å². The summed E-state index contributed by atoms with van der Waals surface area (Å²) in [5.41, 5.74) is 7.69. The Morgan fingerprint density at radius 2 is 2.25 bits per heavy atom. The molecule has 1 fully saturated rings. The first-order chi connectivity index (χ1) is 7.65. The maximum Gasteiger partial charge on any atom is 0.0993 e. The van der Waals surface area contributed by atoms with Crippen LogP contribution < -0.4 is 5.73 Å². The van der Waals surface area contributed by atoms with Crippen LogP contribution in [0.3, 0.4) is 0 Å². The van der Waals surface area contributed by atoms with Gasteiger partial charge in [0.1, 0.15) is 0 Å². The number of anilines is 1. The minimum Gasteiger partial charge on any atom is -0.397 e. The second-order valence-corrected chi connectivity index (χ2v) is 6.19. The van der Waals surface area contributed by atoms with E-state index in [9.17, 15) is 0 Å². The van der Waals surface area contributed by atoms with Gasteiger partial charge in [-0.2, -0.15) is 0 Å². The molecule has 2 rings (SSSR count). The van der Waals surface area contributed by atoms with E-state index in [2.05, 4.69) is 18.8 Å². The van der Waals surface area contributed by atoms with Crippen molar-refractivity contribution in [1.82, 2.24) is 4.98 Å². The number of nitrogen functional groups attached to an aromatic ring is 1. The molecule has 2 atom stereocenters. The minimum atomic E-state index is 0.749. The zero-order valence-corrected chi connectivity index (χ0v) is 10.9. The number of aryl methyl sites for hydroxylation is 1. The first-order valence-electron chi connectivity index (χ1n) is 6.04. The molecule has 0 aromatic carbocycles. The third-order valence-corrected chi connectivity index (χ3v) is 4.63. The first-order valence-corrected chi connectivity index (χ1v) is 6.92. The average molecular weight is 236 g/mol. The predicted molar refractivity (Wildman–Crippen MR) is 70.7 cm³/mol. The lowest BCUT2D eigenvalue weighted by Gasteiger charge is -2.26. The second kappa shape index (κ2) is 5.09. The average Bonchev–Trinajstić information content (AvgIpc) is 2.22. The molecule has 1 heterocycles. The van der Waals surface area contributed by atoms with Crippen molar-refractivity contribution in [2.45, 2.75) is 49.8 Å². The van der Waals surface area contributed by atoms with E-state index in [-0.39, 0.29) is 0 Å². The number of nitrogens with two attached hydrogens (primary N) is 1. The van der Waals surface area contributed by atoms with Crippen LogP contribution >= 0.6 is 11.8 Å². The Balaban J connectivity index is 2.02. The van der Waals surface area contributed by atoms with Gasteiger partial charge < -0.3 is 5.73 Å². The van der Waals surface area contributed by atoms with Gasteiger partial charge in [0.05, 0.1) is 16.9 Å². The van der Waals surface area contributed by atoms with Crippen LogP contribution in [-0.2, 0) is 0 Å². The summed E-state index contributed by atoms with van der Waals surface area (Å²) >= 11 is 1.94. The fraction of sp³-hybridized carbons (Fsp3) is 0.615.